The Balaban J connectivity index is 2.80. The van der Waals surface area contributed by atoms with Gasteiger partial charge in [0.05, 0.1) is 4.90 Å². The van der Waals surface area contributed by atoms with E-state index in [1.165, 1.54) is 29.7 Å². The Morgan fingerprint density at radius 3 is 2.82 bits per heavy atom. The SMILES string of the molecule is COCCCN(C)S(=O)(=O)c1ccnc(N)c1. The lowest BCUT2D eigenvalue weighted by Crippen LogP contribution is -2.28. The van der Waals surface area contributed by atoms with Crippen molar-refractivity contribution in [2.45, 2.75) is 11.3 Å². The van der Waals surface area contributed by atoms with Crippen LogP contribution in [-0.2, 0) is 14.8 Å². The van der Waals surface area contributed by atoms with Gasteiger partial charge in [0, 0.05) is 39.6 Å². The standard InChI is InChI=1S/C10H17N3O3S/c1-13(6-3-7-16-2)17(14,15)9-4-5-12-10(11)8-9/h4-5,8H,3,6-7H2,1-2H3,(H2,11,12). The monoisotopic (exact) mass is 259 g/mol. The number of rotatable bonds is 6. The van der Waals surface area contributed by atoms with Gasteiger partial charge in [-0.05, 0) is 12.5 Å². The summed E-state index contributed by atoms with van der Waals surface area (Å²) >= 11 is 0. The zero-order valence-electron chi connectivity index (χ0n) is 9.96. The predicted molar refractivity (Wildman–Crippen MR) is 65.0 cm³/mol. The lowest BCUT2D eigenvalue weighted by Gasteiger charge is -2.16. The molecule has 6 nitrogen and oxygen atoms in total. The summed E-state index contributed by atoms with van der Waals surface area (Å²) in [5.41, 5.74) is 5.46. The van der Waals surface area contributed by atoms with Crippen LogP contribution in [0.25, 0.3) is 0 Å². The molecule has 96 valence electrons. The molecule has 1 aromatic rings. The fourth-order valence-corrected chi connectivity index (χ4v) is 2.55. The molecule has 0 atom stereocenters. The van der Waals surface area contributed by atoms with Crippen LogP contribution in [0.4, 0.5) is 5.82 Å². The highest BCUT2D eigenvalue weighted by atomic mass is 32.2. The van der Waals surface area contributed by atoms with Crippen molar-refractivity contribution in [3.05, 3.63) is 18.3 Å². The van der Waals surface area contributed by atoms with Gasteiger partial charge in [0.15, 0.2) is 0 Å². The number of hydrogen-bond donors (Lipinski definition) is 1. The van der Waals surface area contributed by atoms with Gasteiger partial charge in [-0.25, -0.2) is 17.7 Å². The van der Waals surface area contributed by atoms with Crippen molar-refractivity contribution in [3.8, 4) is 0 Å². The van der Waals surface area contributed by atoms with E-state index in [0.29, 0.717) is 19.6 Å². The number of sulfonamides is 1. The van der Waals surface area contributed by atoms with Crippen molar-refractivity contribution >= 4 is 15.8 Å². The molecule has 0 radical (unpaired) electrons. The molecule has 0 aliphatic carbocycles. The van der Waals surface area contributed by atoms with E-state index in [-0.39, 0.29) is 10.7 Å². The quantitative estimate of drug-likeness (QED) is 0.744. The summed E-state index contributed by atoms with van der Waals surface area (Å²) in [6.45, 7) is 0.927. The van der Waals surface area contributed by atoms with Gasteiger partial charge in [0.1, 0.15) is 5.82 Å². The molecule has 1 rings (SSSR count). The number of hydrogen-bond acceptors (Lipinski definition) is 5. The van der Waals surface area contributed by atoms with Gasteiger partial charge in [0.2, 0.25) is 10.0 Å². The number of nitrogens with zero attached hydrogens (tertiary/aromatic N) is 2. The van der Waals surface area contributed by atoms with Crippen molar-refractivity contribution in [3.63, 3.8) is 0 Å². The lowest BCUT2D eigenvalue weighted by atomic mass is 10.4. The van der Waals surface area contributed by atoms with Crippen LogP contribution in [0.3, 0.4) is 0 Å². The van der Waals surface area contributed by atoms with Crippen LogP contribution < -0.4 is 5.73 Å². The molecule has 2 N–H and O–H groups in total. The fourth-order valence-electron chi connectivity index (χ4n) is 1.32. The summed E-state index contributed by atoms with van der Waals surface area (Å²) in [7, 11) is -0.373. The lowest BCUT2D eigenvalue weighted by molar-refractivity contribution is 0.189. The largest absolute Gasteiger partial charge is 0.385 e. The average molecular weight is 259 g/mol. The number of methoxy groups -OCH3 is 1. The van der Waals surface area contributed by atoms with Gasteiger partial charge < -0.3 is 10.5 Å². The molecule has 0 aliphatic heterocycles. The third-order valence-electron chi connectivity index (χ3n) is 2.28. The molecule has 1 aromatic heterocycles. The molecule has 0 saturated heterocycles. The topological polar surface area (TPSA) is 85.5 Å². The Labute approximate surface area is 101 Å². The van der Waals surface area contributed by atoms with Crippen LogP contribution in [0, 0.1) is 0 Å². The van der Waals surface area contributed by atoms with E-state index in [4.69, 9.17) is 10.5 Å². The van der Waals surface area contributed by atoms with Crippen molar-refractivity contribution in [2.75, 3.05) is 33.0 Å². The van der Waals surface area contributed by atoms with Crippen LogP contribution in [0.1, 0.15) is 6.42 Å². The highest BCUT2D eigenvalue weighted by molar-refractivity contribution is 7.89. The maximum Gasteiger partial charge on any atom is 0.243 e. The molecule has 1 heterocycles. The Kier molecular flexibility index (Phi) is 4.86. The molecule has 0 bridgehead atoms. The third-order valence-corrected chi connectivity index (χ3v) is 4.14. The minimum absolute atomic E-state index is 0.157. The highest BCUT2D eigenvalue weighted by Gasteiger charge is 2.20. The van der Waals surface area contributed by atoms with Gasteiger partial charge in [-0.15, -0.1) is 0 Å². The van der Waals surface area contributed by atoms with E-state index < -0.39 is 10.0 Å². The molecule has 17 heavy (non-hydrogen) atoms. The van der Waals surface area contributed by atoms with Crippen LogP contribution >= 0.6 is 0 Å². The van der Waals surface area contributed by atoms with E-state index >= 15 is 0 Å². The van der Waals surface area contributed by atoms with Crippen LogP contribution in [0.15, 0.2) is 23.2 Å². The van der Waals surface area contributed by atoms with Crippen molar-refractivity contribution < 1.29 is 13.2 Å². The first-order valence-corrected chi connectivity index (χ1v) is 6.59. The maximum absolute atomic E-state index is 12.1. The Morgan fingerprint density at radius 2 is 2.24 bits per heavy atom. The molecule has 0 amide bonds. The smallest absolute Gasteiger partial charge is 0.243 e. The molecule has 0 aromatic carbocycles. The van der Waals surface area contributed by atoms with Crippen molar-refractivity contribution in [1.29, 1.82) is 0 Å². The number of nitrogen functional groups attached to an aromatic ring is 1. The van der Waals surface area contributed by atoms with Crippen molar-refractivity contribution in [2.24, 2.45) is 0 Å². The Morgan fingerprint density at radius 1 is 1.53 bits per heavy atom. The summed E-state index contributed by atoms with van der Waals surface area (Å²) < 4.78 is 30.3. The van der Waals surface area contributed by atoms with Gasteiger partial charge in [-0.1, -0.05) is 0 Å². The summed E-state index contributed by atoms with van der Waals surface area (Å²) in [6.07, 6.45) is 2.03. The van der Waals surface area contributed by atoms with Crippen LogP contribution in [-0.4, -0.2) is 45.0 Å². The van der Waals surface area contributed by atoms with Crippen LogP contribution in [0.5, 0.6) is 0 Å². The van der Waals surface area contributed by atoms with Crippen LogP contribution in [0.2, 0.25) is 0 Å². The van der Waals surface area contributed by atoms with E-state index in [2.05, 4.69) is 4.98 Å². The summed E-state index contributed by atoms with van der Waals surface area (Å²) in [4.78, 5) is 3.92. The zero-order valence-corrected chi connectivity index (χ0v) is 10.8. The number of anilines is 1. The second-order valence-electron chi connectivity index (χ2n) is 3.59. The third kappa shape index (κ3) is 3.65. The van der Waals surface area contributed by atoms with Gasteiger partial charge in [0.25, 0.3) is 0 Å². The molecule has 0 unspecified atom stereocenters. The number of nitrogens with two attached hydrogens (primary N) is 1. The minimum Gasteiger partial charge on any atom is -0.385 e. The Bertz CT molecular complexity index is 462. The Hall–Kier alpha value is -1.18. The summed E-state index contributed by atoms with van der Waals surface area (Å²) in [5.74, 6) is 0.191. The highest BCUT2D eigenvalue weighted by Crippen LogP contribution is 2.15. The molecular weight excluding hydrogens is 242 g/mol. The molecule has 0 saturated carbocycles. The van der Waals surface area contributed by atoms with Gasteiger partial charge in [-0.3, -0.25) is 0 Å². The number of pyridine rings is 1. The summed E-state index contributed by atoms with van der Waals surface area (Å²) in [6, 6.07) is 2.78. The minimum atomic E-state index is -3.48. The van der Waals surface area contributed by atoms with E-state index in [1.807, 2.05) is 0 Å². The maximum atomic E-state index is 12.1. The molecule has 0 spiro atoms. The molecule has 0 aliphatic rings. The van der Waals surface area contributed by atoms with Crippen molar-refractivity contribution in [1.82, 2.24) is 9.29 Å². The average Bonchev–Trinajstić information content (AvgIpc) is 2.29. The number of ether oxygens (including phenoxy) is 1. The second-order valence-corrected chi connectivity index (χ2v) is 5.63. The summed E-state index contributed by atoms with van der Waals surface area (Å²) in [5, 5.41) is 0. The number of aromatic nitrogens is 1. The molecular formula is C10H17N3O3S. The van der Waals surface area contributed by atoms with E-state index in [0.717, 1.165) is 0 Å². The second kappa shape index (κ2) is 5.95. The zero-order chi connectivity index (χ0) is 12.9. The first kappa shape index (κ1) is 13.9. The molecule has 0 fully saturated rings. The predicted octanol–water partition coefficient (Wildman–Crippen LogP) is 0.321. The first-order valence-electron chi connectivity index (χ1n) is 5.15. The first-order chi connectivity index (χ1) is 7.98. The van der Waals surface area contributed by atoms with Gasteiger partial charge >= 0.3 is 0 Å². The van der Waals surface area contributed by atoms with E-state index in [9.17, 15) is 8.42 Å². The van der Waals surface area contributed by atoms with E-state index in [1.54, 1.807) is 7.11 Å². The molecule has 7 heteroatoms. The normalized spacial score (nSPS) is 11.9. The van der Waals surface area contributed by atoms with Gasteiger partial charge in [-0.2, -0.15) is 0 Å². The fraction of sp³-hybridized carbons (Fsp3) is 0.500.